The van der Waals surface area contributed by atoms with Crippen LogP contribution in [0.15, 0.2) is 17.1 Å². The Morgan fingerprint density at radius 2 is 1.97 bits per heavy atom. The molecule has 0 radical (unpaired) electrons. The lowest BCUT2D eigenvalue weighted by Gasteiger charge is -2.31. The molecule has 1 aliphatic heterocycles. The van der Waals surface area contributed by atoms with E-state index in [-0.39, 0.29) is 23.9 Å². The number of pyridine rings is 1. The number of hydrogen-bond donors (Lipinski definition) is 1. The average molecular weight is 502 g/mol. The molecule has 2 aliphatic rings. The summed E-state index contributed by atoms with van der Waals surface area (Å²) in [5, 5.41) is 3.66. The van der Waals surface area contributed by atoms with E-state index in [1.165, 1.54) is 28.2 Å². The minimum atomic E-state index is -3.45. The normalized spacial score (nSPS) is 22.5. The van der Waals surface area contributed by atoms with Crippen LogP contribution in [0.25, 0.3) is 11.0 Å². The van der Waals surface area contributed by atoms with Crippen LogP contribution in [-0.2, 0) is 14.8 Å². The second kappa shape index (κ2) is 10.1. The molecule has 188 valence electrons. The molecule has 2 atom stereocenters. The number of nitrogens with one attached hydrogen (secondary N) is 1. The fourth-order valence-corrected chi connectivity index (χ4v) is 6.06. The van der Waals surface area contributed by atoms with Gasteiger partial charge in [-0.2, -0.15) is 18.1 Å². The summed E-state index contributed by atoms with van der Waals surface area (Å²) in [5.41, 5.74) is -0.268. The number of halogens is 2. The smallest absolute Gasteiger partial charge is 0.387 e. The molecule has 4 rings (SSSR count). The molecule has 3 heterocycles. The van der Waals surface area contributed by atoms with Gasteiger partial charge in [0.05, 0.1) is 0 Å². The number of sulfonamides is 1. The van der Waals surface area contributed by atoms with Crippen LogP contribution in [0.2, 0.25) is 0 Å². The number of methoxy groups -OCH3 is 1. The first-order chi connectivity index (χ1) is 16.2. The topological polar surface area (TPSA) is 116 Å². The van der Waals surface area contributed by atoms with Gasteiger partial charge >= 0.3 is 6.61 Å². The highest BCUT2D eigenvalue weighted by molar-refractivity contribution is 7.88. The summed E-state index contributed by atoms with van der Waals surface area (Å²) < 4.78 is 62.3. The van der Waals surface area contributed by atoms with Crippen molar-refractivity contribution in [3.8, 4) is 5.75 Å². The fraction of sp³-hybridized carbons (Fsp3) is 0.667. The molecule has 2 aromatic rings. The lowest BCUT2D eigenvalue weighted by atomic mass is 10.1. The number of fused-ring (bicyclic) bond motifs is 1. The van der Waals surface area contributed by atoms with E-state index in [1.807, 2.05) is 6.92 Å². The van der Waals surface area contributed by atoms with E-state index >= 15 is 0 Å². The molecule has 2 aromatic heterocycles. The predicted octanol–water partition coefficient (Wildman–Crippen LogP) is 2.56. The van der Waals surface area contributed by atoms with E-state index in [0.29, 0.717) is 42.9 Å². The maximum atomic E-state index is 13.1. The van der Waals surface area contributed by atoms with Gasteiger partial charge in [0.1, 0.15) is 5.65 Å². The van der Waals surface area contributed by atoms with Crippen molar-refractivity contribution < 1.29 is 26.7 Å². The molecule has 0 unspecified atom stereocenters. The standard InChI is InChI=1S/C21H29F2N5O5S/c1-13-4-3-5-16(13)28-18-14(10-17(19(28)29)33-20(22)23)11-24-21(26-18)25-15-6-8-27(9-7-15)34(30,31)12-32-2/h10-11,13,15-16,20H,3-9,12H2,1-2H3,(H,24,25,26)/t13-,16+/m0/s1. The predicted molar refractivity (Wildman–Crippen MR) is 121 cm³/mol. The van der Waals surface area contributed by atoms with Crippen molar-refractivity contribution in [1.29, 1.82) is 0 Å². The summed E-state index contributed by atoms with van der Waals surface area (Å²) >= 11 is 0. The van der Waals surface area contributed by atoms with Crippen molar-refractivity contribution in [2.75, 3.05) is 31.5 Å². The third kappa shape index (κ3) is 5.15. The van der Waals surface area contributed by atoms with Gasteiger partial charge < -0.3 is 14.8 Å². The van der Waals surface area contributed by atoms with Crippen molar-refractivity contribution in [3.63, 3.8) is 0 Å². The lowest BCUT2D eigenvalue weighted by molar-refractivity contribution is -0.0510. The highest BCUT2D eigenvalue weighted by Gasteiger charge is 2.30. The van der Waals surface area contributed by atoms with E-state index in [2.05, 4.69) is 20.0 Å². The average Bonchev–Trinajstić information content (AvgIpc) is 3.20. The van der Waals surface area contributed by atoms with Gasteiger partial charge in [-0.25, -0.2) is 13.4 Å². The molecule has 1 aliphatic carbocycles. The maximum Gasteiger partial charge on any atom is 0.387 e. The van der Waals surface area contributed by atoms with Crippen LogP contribution in [0.3, 0.4) is 0 Å². The molecular weight excluding hydrogens is 472 g/mol. The van der Waals surface area contributed by atoms with Crippen molar-refractivity contribution >= 4 is 27.0 Å². The minimum Gasteiger partial charge on any atom is -0.429 e. The molecule has 2 fully saturated rings. The van der Waals surface area contributed by atoms with Crippen molar-refractivity contribution in [2.24, 2.45) is 5.92 Å². The van der Waals surface area contributed by atoms with Gasteiger partial charge in [-0.1, -0.05) is 13.3 Å². The molecule has 0 aromatic carbocycles. The summed E-state index contributed by atoms with van der Waals surface area (Å²) in [6, 6.07) is 1.02. The van der Waals surface area contributed by atoms with Crippen LogP contribution in [0, 0.1) is 5.92 Å². The number of alkyl halides is 2. The van der Waals surface area contributed by atoms with Crippen LogP contribution in [0.4, 0.5) is 14.7 Å². The minimum absolute atomic E-state index is 0.0570. The first-order valence-electron chi connectivity index (χ1n) is 11.3. The zero-order valence-corrected chi connectivity index (χ0v) is 19.9. The summed E-state index contributed by atoms with van der Waals surface area (Å²) in [5.74, 6) is -0.289. The molecule has 1 N–H and O–H groups in total. The largest absolute Gasteiger partial charge is 0.429 e. The van der Waals surface area contributed by atoms with Gasteiger partial charge in [0, 0.05) is 43.9 Å². The number of anilines is 1. The molecular formula is C21H29F2N5O5S. The molecule has 1 saturated carbocycles. The van der Waals surface area contributed by atoms with Crippen molar-refractivity contribution in [2.45, 2.75) is 57.7 Å². The van der Waals surface area contributed by atoms with Crippen LogP contribution in [0.5, 0.6) is 5.75 Å². The Labute approximate surface area is 196 Å². The molecule has 34 heavy (non-hydrogen) atoms. The molecule has 10 nitrogen and oxygen atoms in total. The van der Waals surface area contributed by atoms with Gasteiger partial charge in [0.25, 0.3) is 5.56 Å². The van der Waals surface area contributed by atoms with Gasteiger partial charge in [0.15, 0.2) is 11.7 Å². The van der Waals surface area contributed by atoms with E-state index < -0.39 is 27.9 Å². The fourth-order valence-electron chi connectivity index (χ4n) is 4.85. The third-order valence-electron chi connectivity index (χ3n) is 6.55. The number of piperidine rings is 1. The van der Waals surface area contributed by atoms with Gasteiger partial charge in [0.2, 0.25) is 16.0 Å². The molecule has 0 bridgehead atoms. The second-order valence-electron chi connectivity index (χ2n) is 8.85. The lowest BCUT2D eigenvalue weighted by Crippen LogP contribution is -2.43. The van der Waals surface area contributed by atoms with Crippen LogP contribution < -0.4 is 15.6 Å². The Balaban J connectivity index is 1.60. The third-order valence-corrected chi connectivity index (χ3v) is 8.24. The van der Waals surface area contributed by atoms with E-state index in [4.69, 9.17) is 4.74 Å². The maximum absolute atomic E-state index is 13.1. The zero-order valence-electron chi connectivity index (χ0n) is 19.1. The summed E-state index contributed by atoms with van der Waals surface area (Å²) in [6.07, 6.45) is 5.20. The number of rotatable bonds is 8. The number of nitrogens with zero attached hydrogens (tertiary/aromatic N) is 4. The Bertz CT molecular complexity index is 1180. The zero-order chi connectivity index (χ0) is 24.5. The monoisotopic (exact) mass is 501 g/mol. The highest BCUT2D eigenvalue weighted by atomic mass is 32.2. The second-order valence-corrected chi connectivity index (χ2v) is 10.8. The number of hydrogen-bond acceptors (Lipinski definition) is 8. The number of aromatic nitrogens is 3. The summed E-state index contributed by atoms with van der Waals surface area (Å²) in [6.45, 7) is -0.395. The van der Waals surface area contributed by atoms with E-state index in [0.717, 1.165) is 19.3 Å². The Morgan fingerprint density at radius 3 is 2.59 bits per heavy atom. The molecule has 0 spiro atoms. The van der Waals surface area contributed by atoms with Crippen molar-refractivity contribution in [3.05, 3.63) is 22.6 Å². The SMILES string of the molecule is COCS(=O)(=O)N1CCC(Nc2ncc3cc(OC(F)F)c(=O)n([C@@H]4CCC[C@@H]4C)c3n2)CC1. The van der Waals surface area contributed by atoms with Gasteiger partial charge in [-0.3, -0.25) is 9.36 Å². The van der Waals surface area contributed by atoms with Gasteiger partial charge in [-0.15, -0.1) is 0 Å². The number of ether oxygens (including phenoxy) is 2. The first kappa shape index (κ1) is 24.7. The van der Waals surface area contributed by atoms with Crippen molar-refractivity contribution in [1.82, 2.24) is 18.8 Å². The Hall–Kier alpha value is -2.38. The Kier molecular flexibility index (Phi) is 7.33. The Morgan fingerprint density at radius 1 is 1.24 bits per heavy atom. The van der Waals surface area contributed by atoms with Crippen LogP contribution >= 0.6 is 0 Å². The van der Waals surface area contributed by atoms with E-state index in [1.54, 1.807) is 0 Å². The highest BCUT2D eigenvalue weighted by Crippen LogP contribution is 2.36. The molecule has 0 amide bonds. The van der Waals surface area contributed by atoms with Crippen LogP contribution in [-0.4, -0.2) is 66.0 Å². The molecule has 1 saturated heterocycles. The van der Waals surface area contributed by atoms with Crippen LogP contribution in [0.1, 0.15) is 45.1 Å². The van der Waals surface area contributed by atoms with Gasteiger partial charge in [-0.05, 0) is 37.7 Å². The molecule has 13 heteroatoms. The quantitative estimate of drug-likeness (QED) is 0.587. The van der Waals surface area contributed by atoms with E-state index in [9.17, 15) is 22.0 Å². The first-order valence-corrected chi connectivity index (χ1v) is 12.9. The summed E-state index contributed by atoms with van der Waals surface area (Å²) in [4.78, 5) is 22.0. The summed E-state index contributed by atoms with van der Waals surface area (Å²) in [7, 11) is -2.10.